The molecule has 12 heteroatoms. The smallest absolute Gasteiger partial charge is 0.273 e. The van der Waals surface area contributed by atoms with Crippen LogP contribution >= 0.6 is 11.5 Å². The van der Waals surface area contributed by atoms with Crippen molar-refractivity contribution in [2.45, 2.75) is 12.6 Å². The van der Waals surface area contributed by atoms with E-state index in [9.17, 15) is 14.4 Å². The third-order valence-corrected chi connectivity index (χ3v) is 7.61. The van der Waals surface area contributed by atoms with Gasteiger partial charge in [-0.05, 0) is 47.4 Å². The minimum atomic E-state index is -1.17. The Labute approximate surface area is 245 Å². The van der Waals surface area contributed by atoms with Crippen LogP contribution in [0.15, 0.2) is 79.0 Å². The van der Waals surface area contributed by atoms with Crippen LogP contribution < -0.4 is 31.2 Å². The molecule has 0 fully saturated rings. The molecule has 0 saturated carbocycles. The Morgan fingerprint density at radius 3 is 2.43 bits per heavy atom. The SMILES string of the molecule is COc1ccc(CNC(=O)[C@H](c2c[nH]c3ccccc23)N(C(=O)c2snc(C(N)=O)c2N)c2cccc(OC)c2)cc1. The number of hydrogen-bond donors (Lipinski definition) is 4. The van der Waals surface area contributed by atoms with E-state index in [0.29, 0.717) is 22.7 Å². The maximum absolute atomic E-state index is 14.3. The van der Waals surface area contributed by atoms with Gasteiger partial charge >= 0.3 is 0 Å². The van der Waals surface area contributed by atoms with Crippen LogP contribution in [0.2, 0.25) is 0 Å². The molecule has 2 aromatic heterocycles. The van der Waals surface area contributed by atoms with Crippen molar-refractivity contribution >= 4 is 51.5 Å². The molecule has 6 N–H and O–H groups in total. The van der Waals surface area contributed by atoms with E-state index < -0.39 is 23.8 Å². The number of nitrogens with two attached hydrogens (primary N) is 2. The number of methoxy groups -OCH3 is 2. The zero-order valence-corrected chi connectivity index (χ0v) is 23.6. The summed E-state index contributed by atoms with van der Waals surface area (Å²) in [6, 6.07) is 20.3. The summed E-state index contributed by atoms with van der Waals surface area (Å²) >= 11 is 0.740. The number of benzene rings is 3. The lowest BCUT2D eigenvalue weighted by molar-refractivity contribution is -0.122. The van der Waals surface area contributed by atoms with Crippen molar-refractivity contribution in [1.29, 1.82) is 0 Å². The van der Waals surface area contributed by atoms with Crippen LogP contribution in [0.25, 0.3) is 10.9 Å². The topological polar surface area (TPSA) is 166 Å². The van der Waals surface area contributed by atoms with Crippen LogP contribution in [0.4, 0.5) is 11.4 Å². The second-order valence-corrected chi connectivity index (χ2v) is 10.0. The van der Waals surface area contributed by atoms with Gasteiger partial charge in [0.1, 0.15) is 22.4 Å². The van der Waals surface area contributed by atoms with Crippen molar-refractivity contribution in [3.8, 4) is 11.5 Å². The molecule has 0 radical (unpaired) electrons. The number of para-hydroxylation sites is 1. The number of nitrogens with one attached hydrogen (secondary N) is 2. The van der Waals surface area contributed by atoms with Crippen molar-refractivity contribution in [3.05, 3.63) is 101 Å². The van der Waals surface area contributed by atoms with Gasteiger partial charge < -0.3 is 31.2 Å². The first-order valence-corrected chi connectivity index (χ1v) is 13.6. The summed E-state index contributed by atoms with van der Waals surface area (Å²) in [5, 5.41) is 3.72. The Hall–Kier alpha value is -5.36. The van der Waals surface area contributed by atoms with E-state index in [0.717, 1.165) is 28.0 Å². The number of rotatable bonds is 10. The normalized spacial score (nSPS) is 11.6. The number of aromatic nitrogens is 2. The number of fused-ring (bicyclic) bond motifs is 1. The number of anilines is 2. The van der Waals surface area contributed by atoms with Crippen molar-refractivity contribution in [2.75, 3.05) is 24.9 Å². The summed E-state index contributed by atoms with van der Waals surface area (Å²) in [6.45, 7) is 0.191. The molecule has 0 bridgehead atoms. The Kier molecular flexibility index (Phi) is 8.07. The number of primary amides is 1. The molecule has 42 heavy (non-hydrogen) atoms. The van der Waals surface area contributed by atoms with Crippen LogP contribution in [0.1, 0.15) is 37.3 Å². The van der Waals surface area contributed by atoms with Gasteiger partial charge in [0.15, 0.2) is 5.69 Å². The Bertz CT molecular complexity index is 1760. The number of carbonyl (C=O) groups is 3. The molecule has 5 rings (SSSR count). The third kappa shape index (κ3) is 5.47. The average molecular weight is 585 g/mol. The van der Waals surface area contributed by atoms with Gasteiger partial charge in [-0.3, -0.25) is 19.3 Å². The van der Waals surface area contributed by atoms with E-state index in [1.807, 2.05) is 36.4 Å². The van der Waals surface area contributed by atoms with Crippen molar-refractivity contribution in [1.82, 2.24) is 14.7 Å². The van der Waals surface area contributed by atoms with Gasteiger partial charge in [0.05, 0.1) is 19.9 Å². The molecule has 1 atom stereocenters. The zero-order chi connectivity index (χ0) is 29.8. The standard InChI is InChI=1S/C30H28N6O5S/c1-40-19-12-10-17(11-13-19)15-34-29(38)26(22-16-33-23-9-4-3-8-21(22)23)36(18-6-5-7-20(14-18)41-2)30(39)27-24(31)25(28(32)37)35-42-27/h3-14,16,26,33H,15,31H2,1-2H3,(H2,32,37)(H,34,38)/t26-/m0/s1. The minimum absolute atomic E-state index is 0.0283. The van der Waals surface area contributed by atoms with E-state index in [-0.39, 0.29) is 22.8 Å². The van der Waals surface area contributed by atoms with Crippen LogP contribution in [-0.2, 0) is 11.3 Å². The van der Waals surface area contributed by atoms with Crippen molar-refractivity contribution in [3.63, 3.8) is 0 Å². The highest BCUT2D eigenvalue weighted by Crippen LogP contribution is 2.37. The fourth-order valence-electron chi connectivity index (χ4n) is 4.63. The van der Waals surface area contributed by atoms with Crippen molar-refractivity contribution in [2.24, 2.45) is 5.73 Å². The predicted molar refractivity (Wildman–Crippen MR) is 161 cm³/mol. The quantitative estimate of drug-likeness (QED) is 0.192. The van der Waals surface area contributed by atoms with E-state index in [1.165, 1.54) is 12.0 Å². The van der Waals surface area contributed by atoms with Gasteiger partial charge in [-0.15, -0.1) is 0 Å². The highest BCUT2D eigenvalue weighted by molar-refractivity contribution is 7.09. The number of nitrogen functional groups attached to an aromatic ring is 1. The lowest BCUT2D eigenvalue weighted by Crippen LogP contribution is -2.44. The first-order valence-electron chi connectivity index (χ1n) is 12.8. The number of amides is 3. The van der Waals surface area contributed by atoms with Crippen LogP contribution in [0, 0.1) is 0 Å². The Morgan fingerprint density at radius 1 is 1.00 bits per heavy atom. The molecule has 214 valence electrons. The fourth-order valence-corrected chi connectivity index (χ4v) is 5.37. The lowest BCUT2D eigenvalue weighted by atomic mass is 10.0. The summed E-state index contributed by atoms with van der Waals surface area (Å²) < 4.78 is 14.7. The summed E-state index contributed by atoms with van der Waals surface area (Å²) in [5.74, 6) is -0.794. The highest BCUT2D eigenvalue weighted by atomic mass is 32.1. The average Bonchev–Trinajstić information content (AvgIpc) is 3.62. The lowest BCUT2D eigenvalue weighted by Gasteiger charge is -2.31. The van der Waals surface area contributed by atoms with Gasteiger partial charge in [0, 0.05) is 41.0 Å². The zero-order valence-electron chi connectivity index (χ0n) is 22.8. The number of hydrogen-bond acceptors (Lipinski definition) is 8. The molecule has 5 aromatic rings. The minimum Gasteiger partial charge on any atom is -0.497 e. The monoisotopic (exact) mass is 584 g/mol. The molecular weight excluding hydrogens is 556 g/mol. The Morgan fingerprint density at radius 2 is 1.74 bits per heavy atom. The summed E-state index contributed by atoms with van der Waals surface area (Å²) in [4.78, 5) is 44.9. The molecule has 3 amide bonds. The second kappa shape index (κ2) is 12.0. The first-order chi connectivity index (χ1) is 20.3. The Balaban J connectivity index is 1.64. The van der Waals surface area contributed by atoms with Gasteiger partial charge in [0.25, 0.3) is 11.8 Å². The summed E-state index contributed by atoms with van der Waals surface area (Å²) in [6.07, 6.45) is 1.70. The fraction of sp³-hybridized carbons (Fsp3) is 0.133. The van der Waals surface area contributed by atoms with Crippen LogP contribution in [-0.4, -0.2) is 41.3 Å². The molecule has 2 heterocycles. The molecular formula is C30H28N6O5S. The highest BCUT2D eigenvalue weighted by Gasteiger charge is 2.37. The molecule has 3 aromatic carbocycles. The summed E-state index contributed by atoms with van der Waals surface area (Å²) in [5.41, 5.74) is 13.8. The predicted octanol–water partition coefficient (Wildman–Crippen LogP) is 4.03. The van der Waals surface area contributed by atoms with Crippen LogP contribution in [0.5, 0.6) is 11.5 Å². The van der Waals surface area contributed by atoms with E-state index >= 15 is 0 Å². The summed E-state index contributed by atoms with van der Waals surface area (Å²) in [7, 11) is 3.08. The molecule has 0 aliphatic carbocycles. The van der Waals surface area contributed by atoms with E-state index in [2.05, 4.69) is 14.7 Å². The molecule has 11 nitrogen and oxygen atoms in total. The molecule has 0 unspecified atom stereocenters. The van der Waals surface area contributed by atoms with E-state index in [1.54, 1.807) is 49.7 Å². The first kappa shape index (κ1) is 28.2. The van der Waals surface area contributed by atoms with Gasteiger partial charge in [-0.1, -0.05) is 36.4 Å². The maximum atomic E-state index is 14.3. The number of nitrogens with zero attached hydrogens (tertiary/aromatic N) is 2. The van der Waals surface area contributed by atoms with Gasteiger partial charge in [0.2, 0.25) is 5.91 Å². The molecule has 0 aliphatic rings. The number of H-pyrrole nitrogens is 1. The second-order valence-electron chi connectivity index (χ2n) is 9.27. The number of ether oxygens (including phenoxy) is 2. The van der Waals surface area contributed by atoms with Gasteiger partial charge in [-0.2, -0.15) is 4.37 Å². The molecule has 0 aliphatic heterocycles. The number of carbonyl (C=O) groups excluding carboxylic acids is 3. The molecule has 0 spiro atoms. The van der Waals surface area contributed by atoms with Gasteiger partial charge in [-0.25, -0.2) is 0 Å². The van der Waals surface area contributed by atoms with E-state index in [4.69, 9.17) is 20.9 Å². The maximum Gasteiger partial charge on any atom is 0.273 e. The largest absolute Gasteiger partial charge is 0.497 e. The third-order valence-electron chi connectivity index (χ3n) is 6.75. The van der Waals surface area contributed by atoms with Crippen molar-refractivity contribution < 1.29 is 23.9 Å². The van der Waals surface area contributed by atoms with Crippen LogP contribution in [0.3, 0.4) is 0 Å². The number of aromatic amines is 1. The molecule has 0 saturated heterocycles.